The fourth-order valence-corrected chi connectivity index (χ4v) is 6.81. The average molecular weight is 448 g/mol. The molecule has 1 aliphatic heterocycles. The van der Waals surface area contributed by atoms with Gasteiger partial charge in [0.25, 0.3) is 0 Å². The number of piperidine rings is 1. The number of sulfonamides is 1. The molecule has 0 aliphatic carbocycles. The van der Waals surface area contributed by atoms with Crippen LogP contribution in [0, 0.1) is 5.82 Å². The monoisotopic (exact) mass is 447 g/mol. The number of halogens is 2. The molecule has 10 heteroatoms. The van der Waals surface area contributed by atoms with Gasteiger partial charge in [-0.25, -0.2) is 21.2 Å². The third-order valence-corrected chi connectivity index (χ3v) is 9.16. The number of hydrogen-bond acceptors (Lipinski definition) is 5. The lowest BCUT2D eigenvalue weighted by molar-refractivity contribution is 0.342. The molecule has 3 rings (SSSR count). The van der Waals surface area contributed by atoms with Crippen LogP contribution in [0.5, 0.6) is 5.75 Å². The van der Waals surface area contributed by atoms with Crippen LogP contribution >= 0.6 is 11.6 Å². The van der Waals surface area contributed by atoms with Crippen molar-refractivity contribution in [1.82, 2.24) is 4.31 Å². The van der Waals surface area contributed by atoms with Crippen molar-refractivity contribution >= 4 is 31.5 Å². The smallest absolute Gasteiger partial charge is 0.246 e. The minimum Gasteiger partial charge on any atom is -0.495 e. The van der Waals surface area contributed by atoms with Gasteiger partial charge in [0.15, 0.2) is 9.84 Å². The summed E-state index contributed by atoms with van der Waals surface area (Å²) in [5, 5.41) is -0.473. The normalized spacial score (nSPS) is 16.8. The molecular weight excluding hydrogens is 429 g/mol. The summed E-state index contributed by atoms with van der Waals surface area (Å²) in [5.41, 5.74) is 0. The van der Waals surface area contributed by atoms with Gasteiger partial charge in [-0.05, 0) is 55.3 Å². The molecule has 0 aromatic heterocycles. The summed E-state index contributed by atoms with van der Waals surface area (Å²) in [6.45, 7) is 0.0895. The fraction of sp³-hybridized carbons (Fsp3) is 0.333. The Morgan fingerprint density at radius 2 is 1.64 bits per heavy atom. The summed E-state index contributed by atoms with van der Waals surface area (Å²) in [4.78, 5) is -0.0194. The van der Waals surface area contributed by atoms with E-state index in [1.165, 1.54) is 41.7 Å². The Morgan fingerprint density at radius 1 is 1.04 bits per heavy atom. The van der Waals surface area contributed by atoms with Crippen molar-refractivity contribution in [3.05, 3.63) is 53.3 Å². The van der Waals surface area contributed by atoms with Crippen LogP contribution in [0.4, 0.5) is 4.39 Å². The highest BCUT2D eigenvalue weighted by atomic mass is 35.5. The van der Waals surface area contributed by atoms with Gasteiger partial charge in [-0.3, -0.25) is 0 Å². The Hall–Kier alpha value is -1.68. The highest BCUT2D eigenvalue weighted by Crippen LogP contribution is 2.32. The van der Waals surface area contributed by atoms with E-state index in [4.69, 9.17) is 16.3 Å². The Morgan fingerprint density at radius 3 is 2.21 bits per heavy atom. The molecule has 0 unspecified atom stereocenters. The molecule has 2 aromatic rings. The van der Waals surface area contributed by atoms with E-state index >= 15 is 0 Å². The van der Waals surface area contributed by atoms with E-state index in [1.807, 2.05) is 0 Å². The predicted octanol–water partition coefficient (Wildman–Crippen LogP) is 3.11. The van der Waals surface area contributed by atoms with Crippen LogP contribution in [-0.4, -0.2) is 46.6 Å². The maximum atomic E-state index is 13.1. The number of nitrogens with zero attached hydrogens (tertiary/aromatic N) is 1. The number of ether oxygens (including phenoxy) is 1. The van der Waals surface area contributed by atoms with E-state index < -0.39 is 30.9 Å². The summed E-state index contributed by atoms with van der Waals surface area (Å²) in [6.07, 6.45) is 0.281. The van der Waals surface area contributed by atoms with E-state index in [0.29, 0.717) is 0 Å². The zero-order valence-corrected chi connectivity index (χ0v) is 17.4. The molecule has 6 nitrogen and oxygen atoms in total. The minimum atomic E-state index is -3.89. The van der Waals surface area contributed by atoms with Gasteiger partial charge < -0.3 is 4.74 Å². The van der Waals surface area contributed by atoms with Crippen LogP contribution in [0.2, 0.25) is 5.02 Å². The molecule has 28 heavy (non-hydrogen) atoms. The van der Waals surface area contributed by atoms with Crippen molar-refractivity contribution in [2.45, 2.75) is 27.9 Å². The second-order valence-corrected chi connectivity index (χ2v) is 11.0. The molecule has 0 N–H and O–H groups in total. The maximum Gasteiger partial charge on any atom is 0.246 e. The number of methoxy groups -OCH3 is 1. The second kappa shape index (κ2) is 7.98. The summed E-state index contributed by atoms with van der Waals surface area (Å²) < 4.78 is 70.9. The van der Waals surface area contributed by atoms with Crippen LogP contribution < -0.4 is 4.74 Å². The molecule has 0 atom stereocenters. The summed E-state index contributed by atoms with van der Waals surface area (Å²) >= 11 is 5.94. The lowest BCUT2D eigenvalue weighted by atomic mass is 10.2. The summed E-state index contributed by atoms with van der Waals surface area (Å²) in [7, 11) is -6.19. The molecule has 152 valence electrons. The number of hydrogen-bond donors (Lipinski definition) is 0. The first-order valence-corrected chi connectivity index (χ1v) is 11.9. The van der Waals surface area contributed by atoms with E-state index in [-0.39, 0.29) is 46.5 Å². The van der Waals surface area contributed by atoms with Crippen LogP contribution in [0.3, 0.4) is 0 Å². The number of benzene rings is 2. The first kappa shape index (κ1) is 21.0. The molecule has 0 amide bonds. The molecule has 2 aromatic carbocycles. The molecule has 0 radical (unpaired) electrons. The van der Waals surface area contributed by atoms with Crippen molar-refractivity contribution in [2.24, 2.45) is 0 Å². The lowest BCUT2D eigenvalue weighted by Crippen LogP contribution is -2.42. The van der Waals surface area contributed by atoms with Crippen molar-refractivity contribution < 1.29 is 26.0 Å². The first-order valence-electron chi connectivity index (χ1n) is 8.49. The molecule has 1 fully saturated rings. The molecule has 0 spiro atoms. The highest BCUT2D eigenvalue weighted by Gasteiger charge is 2.36. The van der Waals surface area contributed by atoms with Gasteiger partial charge in [0.05, 0.1) is 17.3 Å². The largest absolute Gasteiger partial charge is 0.495 e. The van der Waals surface area contributed by atoms with Gasteiger partial charge in [0, 0.05) is 18.1 Å². The molecule has 0 bridgehead atoms. The van der Waals surface area contributed by atoms with Gasteiger partial charge in [-0.1, -0.05) is 11.6 Å². The van der Waals surface area contributed by atoms with Crippen LogP contribution in [-0.2, 0) is 19.9 Å². The second-order valence-electron chi connectivity index (χ2n) is 6.40. The molecule has 0 saturated carbocycles. The zero-order chi connectivity index (χ0) is 20.5. The molecule has 1 heterocycles. The molecule has 1 aliphatic rings. The zero-order valence-electron chi connectivity index (χ0n) is 15.0. The standard InChI is InChI=1S/C18H19ClFNO5S2/c1-26-17-7-2-13(19)12-18(17)28(24,25)21-10-8-16(9-11-21)27(22,23)15-5-3-14(20)4-6-15/h2-7,12,16H,8-11H2,1H3. The van der Waals surface area contributed by atoms with Crippen molar-refractivity contribution in [1.29, 1.82) is 0 Å². The van der Waals surface area contributed by atoms with Crippen molar-refractivity contribution in [3.8, 4) is 5.75 Å². The summed E-state index contributed by atoms with van der Waals surface area (Å²) in [5.74, 6) is -0.346. The average Bonchev–Trinajstić information content (AvgIpc) is 2.68. The van der Waals surface area contributed by atoms with Gasteiger partial charge in [0.1, 0.15) is 16.5 Å². The number of sulfone groups is 1. The fourth-order valence-electron chi connectivity index (χ4n) is 3.19. The molecule has 1 saturated heterocycles. The van der Waals surface area contributed by atoms with Gasteiger partial charge in [-0.2, -0.15) is 4.31 Å². The van der Waals surface area contributed by atoms with Crippen molar-refractivity contribution in [3.63, 3.8) is 0 Å². The van der Waals surface area contributed by atoms with Gasteiger partial charge >= 0.3 is 0 Å². The molecular formula is C18H19ClFNO5S2. The van der Waals surface area contributed by atoms with Crippen LogP contribution in [0.1, 0.15) is 12.8 Å². The third-order valence-electron chi connectivity index (χ3n) is 4.73. The number of rotatable bonds is 5. The Labute approximate surface area is 168 Å². The van der Waals surface area contributed by atoms with Crippen LogP contribution in [0.25, 0.3) is 0 Å². The van der Waals surface area contributed by atoms with Crippen molar-refractivity contribution in [2.75, 3.05) is 20.2 Å². The Kier molecular flexibility index (Phi) is 6.00. The SMILES string of the molecule is COc1ccc(Cl)cc1S(=O)(=O)N1CCC(S(=O)(=O)c2ccc(F)cc2)CC1. The quantitative estimate of drug-likeness (QED) is 0.658. The predicted molar refractivity (Wildman–Crippen MR) is 103 cm³/mol. The van der Waals surface area contributed by atoms with E-state index in [9.17, 15) is 21.2 Å². The highest BCUT2D eigenvalue weighted by molar-refractivity contribution is 7.92. The maximum absolute atomic E-state index is 13.1. The van der Waals surface area contributed by atoms with Gasteiger partial charge in [-0.15, -0.1) is 0 Å². The third kappa shape index (κ3) is 4.03. The summed E-state index contributed by atoms with van der Waals surface area (Å²) in [6, 6.07) is 8.96. The van der Waals surface area contributed by atoms with E-state index in [2.05, 4.69) is 0 Å². The van der Waals surface area contributed by atoms with E-state index in [0.717, 1.165) is 12.1 Å². The van der Waals surface area contributed by atoms with Gasteiger partial charge in [0.2, 0.25) is 10.0 Å². The lowest BCUT2D eigenvalue weighted by Gasteiger charge is -2.31. The van der Waals surface area contributed by atoms with Crippen LogP contribution in [0.15, 0.2) is 52.3 Å². The minimum absolute atomic E-state index is 0.0340. The Balaban J connectivity index is 1.80. The topological polar surface area (TPSA) is 80.8 Å². The Bertz CT molecular complexity index is 1060. The first-order chi connectivity index (χ1) is 13.2. The van der Waals surface area contributed by atoms with E-state index in [1.54, 1.807) is 0 Å².